The van der Waals surface area contributed by atoms with Crippen molar-refractivity contribution in [1.82, 2.24) is 0 Å². The van der Waals surface area contributed by atoms with E-state index in [-0.39, 0.29) is 23.6 Å². The maximum Gasteiger partial charge on any atom is 0.309 e. The zero-order valence-electron chi connectivity index (χ0n) is 29.4. The third kappa shape index (κ3) is 5.76. The predicted octanol–water partition coefficient (Wildman–Crippen LogP) is 7.27. The van der Waals surface area contributed by atoms with Crippen molar-refractivity contribution >= 4 is 17.7 Å². The van der Waals surface area contributed by atoms with Gasteiger partial charge < -0.3 is 19.7 Å². The van der Waals surface area contributed by atoms with Crippen molar-refractivity contribution in [3.63, 3.8) is 0 Å². The van der Waals surface area contributed by atoms with E-state index in [1.165, 1.54) is 38.5 Å². The van der Waals surface area contributed by atoms with Gasteiger partial charge in [-0.05, 0) is 37.2 Å². The van der Waals surface area contributed by atoms with E-state index in [0.717, 1.165) is 19.3 Å². The largest absolute Gasteiger partial charge is 0.458 e. The van der Waals surface area contributed by atoms with Gasteiger partial charge in [0.1, 0.15) is 23.4 Å². The number of ether oxygens (including phenoxy) is 2. The summed E-state index contributed by atoms with van der Waals surface area (Å²) in [7, 11) is 0. The van der Waals surface area contributed by atoms with Gasteiger partial charge in [-0.25, -0.2) is 0 Å². The van der Waals surface area contributed by atoms with Crippen LogP contribution in [0.1, 0.15) is 133 Å². The van der Waals surface area contributed by atoms with Crippen LogP contribution in [0.15, 0.2) is 23.3 Å². The quantitative estimate of drug-likeness (QED) is 0.118. The minimum absolute atomic E-state index is 0.0232. The lowest BCUT2D eigenvalue weighted by molar-refractivity contribution is -0.219. The fourth-order valence-corrected chi connectivity index (χ4v) is 9.06. The lowest BCUT2D eigenvalue weighted by Crippen LogP contribution is -2.66. The molecule has 4 aliphatic rings. The predicted molar refractivity (Wildman–Crippen MR) is 175 cm³/mol. The monoisotopic (exact) mass is 628 g/mol. The van der Waals surface area contributed by atoms with Crippen LogP contribution in [0.2, 0.25) is 0 Å². The summed E-state index contributed by atoms with van der Waals surface area (Å²) in [6.45, 7) is 17.4. The molecule has 7 nitrogen and oxygen atoms in total. The van der Waals surface area contributed by atoms with Crippen molar-refractivity contribution < 1.29 is 34.1 Å². The van der Waals surface area contributed by atoms with E-state index in [2.05, 4.69) is 20.8 Å². The second-order valence-corrected chi connectivity index (χ2v) is 15.9. The fourth-order valence-electron chi connectivity index (χ4n) is 9.06. The van der Waals surface area contributed by atoms with Gasteiger partial charge in [0.25, 0.3) is 0 Å². The molecule has 0 aromatic rings. The smallest absolute Gasteiger partial charge is 0.309 e. The Morgan fingerprint density at radius 1 is 1.00 bits per heavy atom. The van der Waals surface area contributed by atoms with Crippen molar-refractivity contribution in [2.24, 2.45) is 40.4 Å². The van der Waals surface area contributed by atoms with Crippen LogP contribution >= 0.6 is 0 Å². The molecule has 4 aliphatic carbocycles. The minimum atomic E-state index is -2.07. The third-order valence-corrected chi connectivity index (χ3v) is 12.2. The number of aliphatic hydroxyl groups is 2. The number of hydrogen-bond donors (Lipinski definition) is 2. The van der Waals surface area contributed by atoms with Crippen molar-refractivity contribution in [2.45, 2.75) is 156 Å². The van der Waals surface area contributed by atoms with Gasteiger partial charge in [-0.1, -0.05) is 119 Å². The van der Waals surface area contributed by atoms with Gasteiger partial charge in [0.2, 0.25) is 0 Å². The summed E-state index contributed by atoms with van der Waals surface area (Å²) in [6.07, 6.45) is 12.2. The Bertz CT molecular complexity index is 1200. The van der Waals surface area contributed by atoms with E-state index < -0.39 is 58.0 Å². The van der Waals surface area contributed by atoms with Crippen LogP contribution in [0.5, 0.6) is 0 Å². The molecular weight excluding hydrogens is 568 g/mol. The topological polar surface area (TPSA) is 110 Å². The molecule has 0 heterocycles. The number of aliphatic hydroxyl groups excluding tert-OH is 1. The summed E-state index contributed by atoms with van der Waals surface area (Å²) < 4.78 is 12.5. The number of fused-ring (bicyclic) bond motifs is 3. The van der Waals surface area contributed by atoms with Crippen molar-refractivity contribution in [2.75, 3.05) is 0 Å². The standard InChI is InChI=1S/C38H60O7/c1-10-11-12-13-14-15-16-17-18-19-29(39)45-37-22-26(6)36-21-25(5)31(40)38(36,43)33(44-34(42)27(7)23(2)3)24(4)20-28(32(36)41)30(37)35(37,8)9/h20-21,23-24,26-27,30-31,33,40,43H,10-19,22H2,1-9H3/t24?,26-,27?,30?,31+,33-,36+,37+,38-/m1/s1. The molecule has 0 amide bonds. The molecule has 2 fully saturated rings. The van der Waals surface area contributed by atoms with E-state index in [1.807, 2.05) is 33.8 Å². The molecule has 0 radical (unpaired) electrons. The zero-order valence-corrected chi connectivity index (χ0v) is 29.4. The van der Waals surface area contributed by atoms with E-state index >= 15 is 0 Å². The average molecular weight is 629 g/mol. The Morgan fingerprint density at radius 3 is 2.16 bits per heavy atom. The SMILES string of the molecule is CCCCCCCCCCCC(=O)O[C@@]12C[C@@H](C)[C@]34C=C(C)[C@H](O)[C@@]3(O)[C@H](OC(=O)C(C)C(C)C)C(C)C=C(C4=O)C1C2(C)C. The van der Waals surface area contributed by atoms with Crippen LogP contribution in [0.4, 0.5) is 0 Å². The average Bonchev–Trinajstić information content (AvgIpc) is 3.39. The number of rotatable bonds is 14. The molecule has 4 rings (SSSR count). The van der Waals surface area contributed by atoms with E-state index in [9.17, 15) is 24.6 Å². The zero-order chi connectivity index (χ0) is 33.5. The Balaban J connectivity index is 1.60. The van der Waals surface area contributed by atoms with Gasteiger partial charge in [0.15, 0.2) is 5.78 Å². The Kier molecular flexibility index (Phi) is 10.6. The van der Waals surface area contributed by atoms with E-state index in [4.69, 9.17) is 9.47 Å². The van der Waals surface area contributed by atoms with Crippen LogP contribution in [-0.4, -0.2) is 51.3 Å². The molecule has 0 aromatic carbocycles. The van der Waals surface area contributed by atoms with Crippen LogP contribution < -0.4 is 0 Å². The van der Waals surface area contributed by atoms with Gasteiger partial charge >= 0.3 is 11.9 Å². The van der Waals surface area contributed by atoms with Crippen LogP contribution in [0.3, 0.4) is 0 Å². The molecule has 2 N–H and O–H groups in total. The Labute approximate surface area is 271 Å². The summed E-state index contributed by atoms with van der Waals surface area (Å²) in [5.74, 6) is -2.78. The lowest BCUT2D eigenvalue weighted by atomic mass is 9.59. The molecule has 45 heavy (non-hydrogen) atoms. The molecule has 254 valence electrons. The van der Waals surface area contributed by atoms with Gasteiger partial charge in [-0.2, -0.15) is 0 Å². The number of carbonyl (C=O) groups excluding carboxylic acids is 3. The number of Topliss-reactive ketones (excluding diaryl/α,β-unsaturated/α-hetero) is 1. The molecule has 0 aliphatic heterocycles. The van der Waals surface area contributed by atoms with Gasteiger partial charge in [-0.3, -0.25) is 14.4 Å². The fraction of sp³-hybridized carbons (Fsp3) is 0.816. The highest BCUT2D eigenvalue weighted by atomic mass is 16.6. The summed E-state index contributed by atoms with van der Waals surface area (Å²) in [5, 5.41) is 24.3. The molecule has 7 heteroatoms. The Hall–Kier alpha value is -1.99. The van der Waals surface area contributed by atoms with Crippen LogP contribution in [-0.2, 0) is 23.9 Å². The van der Waals surface area contributed by atoms with Crippen molar-refractivity contribution in [3.05, 3.63) is 23.3 Å². The number of unbranched alkanes of at least 4 members (excludes halogenated alkanes) is 8. The lowest BCUT2D eigenvalue weighted by Gasteiger charge is -2.49. The maximum atomic E-state index is 14.8. The highest BCUT2D eigenvalue weighted by Gasteiger charge is 2.82. The first-order valence-corrected chi connectivity index (χ1v) is 17.8. The van der Waals surface area contributed by atoms with Gasteiger partial charge in [-0.15, -0.1) is 0 Å². The number of esters is 2. The first kappa shape index (κ1) is 35.9. The molecule has 2 saturated carbocycles. The highest BCUT2D eigenvalue weighted by Crippen LogP contribution is 2.75. The second-order valence-electron chi connectivity index (χ2n) is 15.9. The molecule has 2 bridgehead atoms. The van der Waals surface area contributed by atoms with Crippen molar-refractivity contribution in [1.29, 1.82) is 0 Å². The molecule has 0 saturated heterocycles. The first-order valence-electron chi connectivity index (χ1n) is 17.8. The molecule has 1 spiro atoms. The minimum Gasteiger partial charge on any atom is -0.458 e. The Morgan fingerprint density at radius 2 is 1.58 bits per heavy atom. The summed E-state index contributed by atoms with van der Waals surface area (Å²) in [6, 6.07) is 0. The molecular formula is C38H60O7. The van der Waals surface area contributed by atoms with E-state index in [0.29, 0.717) is 24.0 Å². The first-order chi connectivity index (χ1) is 21.0. The second kappa shape index (κ2) is 13.3. The number of ketones is 1. The summed E-state index contributed by atoms with van der Waals surface area (Å²) in [5.41, 5.74) is -3.98. The molecule has 9 atom stereocenters. The third-order valence-electron chi connectivity index (χ3n) is 12.2. The number of hydrogen-bond acceptors (Lipinski definition) is 7. The van der Waals surface area contributed by atoms with Gasteiger partial charge in [0.05, 0.1) is 11.3 Å². The van der Waals surface area contributed by atoms with Crippen LogP contribution in [0, 0.1) is 40.4 Å². The summed E-state index contributed by atoms with van der Waals surface area (Å²) in [4.78, 5) is 41.5. The van der Waals surface area contributed by atoms with Crippen LogP contribution in [0.25, 0.3) is 0 Å². The number of carbonyl (C=O) groups is 3. The van der Waals surface area contributed by atoms with Gasteiger partial charge in [0, 0.05) is 29.2 Å². The summed E-state index contributed by atoms with van der Waals surface area (Å²) >= 11 is 0. The maximum absolute atomic E-state index is 14.8. The normalized spacial score (nSPS) is 37.1. The van der Waals surface area contributed by atoms with Crippen molar-refractivity contribution in [3.8, 4) is 0 Å². The highest BCUT2D eigenvalue weighted by molar-refractivity contribution is 6.06. The molecule has 0 aromatic heterocycles. The molecule has 3 unspecified atom stereocenters. The van der Waals surface area contributed by atoms with E-state index in [1.54, 1.807) is 19.9 Å².